The van der Waals surface area contributed by atoms with Crippen LogP contribution in [0.3, 0.4) is 0 Å². The van der Waals surface area contributed by atoms with Crippen molar-refractivity contribution >= 4 is 17.0 Å². The van der Waals surface area contributed by atoms with E-state index < -0.39 is 5.97 Å². The summed E-state index contributed by atoms with van der Waals surface area (Å²) in [5, 5.41) is 9.36. The Morgan fingerprint density at radius 2 is 2.10 bits per heavy atom. The molecule has 2 aromatic heterocycles. The van der Waals surface area contributed by atoms with E-state index in [4.69, 9.17) is 4.74 Å². The van der Waals surface area contributed by atoms with Crippen LogP contribution in [0.25, 0.3) is 11.0 Å². The first-order valence-corrected chi connectivity index (χ1v) is 9.96. The number of aromatic amines is 1. The Balaban J connectivity index is 1.47. The maximum Gasteiger partial charge on any atom is 0.303 e. The molecule has 0 aliphatic carbocycles. The van der Waals surface area contributed by atoms with E-state index in [0.717, 1.165) is 55.1 Å². The van der Waals surface area contributed by atoms with Gasteiger partial charge in [-0.1, -0.05) is 12.1 Å². The fourth-order valence-electron chi connectivity index (χ4n) is 4.27. The molecule has 0 spiro atoms. The molecule has 1 aromatic carbocycles. The lowest BCUT2D eigenvalue weighted by atomic mass is 9.81. The number of nitrogens with zero attached hydrogens (tertiary/aromatic N) is 3. The zero-order valence-electron chi connectivity index (χ0n) is 16.5. The van der Waals surface area contributed by atoms with Crippen LogP contribution in [-0.2, 0) is 17.8 Å². The van der Waals surface area contributed by atoms with Gasteiger partial charge in [0.15, 0.2) is 0 Å². The van der Waals surface area contributed by atoms with E-state index in [-0.39, 0.29) is 18.3 Å². The highest BCUT2D eigenvalue weighted by atomic mass is 16.5. The summed E-state index contributed by atoms with van der Waals surface area (Å²) >= 11 is 0. The number of methoxy groups -OCH3 is 1. The minimum atomic E-state index is -0.725. The summed E-state index contributed by atoms with van der Waals surface area (Å²) in [6, 6.07) is 10.0. The first kappa shape index (κ1) is 19.4. The number of hydrogen-bond acceptors (Lipinski definition) is 5. The molecule has 0 unspecified atom stereocenters. The van der Waals surface area contributed by atoms with Crippen molar-refractivity contribution in [2.24, 2.45) is 11.8 Å². The van der Waals surface area contributed by atoms with Crippen molar-refractivity contribution in [3.63, 3.8) is 0 Å². The van der Waals surface area contributed by atoms with Crippen LogP contribution in [0.2, 0.25) is 0 Å². The number of piperidine rings is 1. The fraction of sp³-hybridized carbons (Fsp3) is 0.409. The second kappa shape index (κ2) is 8.61. The molecule has 1 aliphatic rings. The Hall–Kier alpha value is -2.93. The first-order chi connectivity index (χ1) is 14.1. The molecule has 29 heavy (non-hydrogen) atoms. The number of imidazole rings is 1. The van der Waals surface area contributed by atoms with E-state index in [1.165, 1.54) is 5.56 Å². The largest absolute Gasteiger partial charge is 0.497 e. The maximum atomic E-state index is 11.4. The third kappa shape index (κ3) is 4.74. The van der Waals surface area contributed by atoms with Gasteiger partial charge >= 0.3 is 5.97 Å². The van der Waals surface area contributed by atoms with Crippen molar-refractivity contribution in [1.29, 1.82) is 0 Å². The van der Waals surface area contributed by atoms with Crippen molar-refractivity contribution in [1.82, 2.24) is 19.9 Å². The third-order valence-electron chi connectivity index (χ3n) is 5.77. The number of ether oxygens (including phenoxy) is 1. The van der Waals surface area contributed by atoms with Crippen molar-refractivity contribution in [3.05, 3.63) is 54.1 Å². The topological polar surface area (TPSA) is 91.3 Å². The third-order valence-corrected chi connectivity index (χ3v) is 5.77. The van der Waals surface area contributed by atoms with Crippen molar-refractivity contribution < 1.29 is 14.6 Å². The molecule has 1 saturated heterocycles. The maximum absolute atomic E-state index is 11.4. The minimum absolute atomic E-state index is 0.158. The normalized spacial score (nSPS) is 20.0. The summed E-state index contributed by atoms with van der Waals surface area (Å²) in [4.78, 5) is 25.9. The van der Waals surface area contributed by atoms with Gasteiger partial charge in [-0.25, -0.2) is 4.98 Å². The quantitative estimate of drug-likeness (QED) is 0.640. The lowest BCUT2D eigenvalue weighted by Crippen LogP contribution is -2.41. The lowest BCUT2D eigenvalue weighted by Gasteiger charge is -2.38. The van der Waals surface area contributed by atoms with Gasteiger partial charge in [-0.2, -0.15) is 0 Å². The molecule has 3 aromatic rings. The van der Waals surface area contributed by atoms with Crippen LogP contribution in [0.4, 0.5) is 0 Å². The number of pyridine rings is 1. The molecular formula is C22H26N4O3. The highest BCUT2D eigenvalue weighted by Crippen LogP contribution is 2.30. The molecule has 0 radical (unpaired) electrons. The molecule has 1 aliphatic heterocycles. The highest BCUT2D eigenvalue weighted by Gasteiger charge is 2.31. The molecule has 0 bridgehead atoms. The molecule has 2 atom stereocenters. The second-order valence-electron chi connectivity index (χ2n) is 7.77. The zero-order valence-corrected chi connectivity index (χ0v) is 16.5. The molecule has 0 amide bonds. The standard InChI is InChI=1S/C22H26N4O3/c1-29-18-4-2-15(3-5-18)13-26-9-7-16(11-22(27)28)17(14-26)10-21-24-19-6-8-23-12-20(19)25-21/h2-6,8,12,16-17H,7,9-11,13-14H2,1H3,(H,24,25)(H,27,28)/t16-,17-/m0/s1. The summed E-state index contributed by atoms with van der Waals surface area (Å²) in [6.45, 7) is 2.62. The van der Waals surface area contributed by atoms with Gasteiger partial charge < -0.3 is 14.8 Å². The number of aliphatic carboxylic acids is 1. The number of carboxylic acid groups (broad SMARTS) is 1. The molecule has 152 valence electrons. The molecule has 7 heteroatoms. The van der Waals surface area contributed by atoms with Crippen LogP contribution in [-0.4, -0.2) is 51.1 Å². The Morgan fingerprint density at radius 1 is 1.28 bits per heavy atom. The van der Waals surface area contributed by atoms with Crippen LogP contribution < -0.4 is 4.74 Å². The van der Waals surface area contributed by atoms with E-state index in [0.29, 0.717) is 0 Å². The number of benzene rings is 1. The van der Waals surface area contributed by atoms with Gasteiger partial charge in [0.1, 0.15) is 11.6 Å². The highest BCUT2D eigenvalue weighted by molar-refractivity contribution is 5.73. The fourth-order valence-corrected chi connectivity index (χ4v) is 4.27. The van der Waals surface area contributed by atoms with Gasteiger partial charge in [0.25, 0.3) is 0 Å². The summed E-state index contributed by atoms with van der Waals surface area (Å²) in [5.41, 5.74) is 3.05. The van der Waals surface area contributed by atoms with E-state index in [2.05, 4.69) is 32.0 Å². The number of H-pyrrole nitrogens is 1. The Morgan fingerprint density at radius 3 is 2.83 bits per heavy atom. The number of likely N-dealkylation sites (tertiary alicyclic amines) is 1. The summed E-state index contributed by atoms with van der Waals surface area (Å²) < 4.78 is 5.23. The average Bonchev–Trinajstić information content (AvgIpc) is 3.12. The van der Waals surface area contributed by atoms with Crippen LogP contribution in [0.5, 0.6) is 5.75 Å². The van der Waals surface area contributed by atoms with Crippen LogP contribution in [0.1, 0.15) is 24.2 Å². The Labute approximate surface area is 169 Å². The van der Waals surface area contributed by atoms with E-state index in [1.54, 1.807) is 19.5 Å². The number of fused-ring (bicyclic) bond motifs is 1. The number of carboxylic acids is 1. The average molecular weight is 394 g/mol. The van der Waals surface area contributed by atoms with E-state index in [1.807, 2.05) is 18.2 Å². The van der Waals surface area contributed by atoms with Crippen molar-refractivity contribution in [3.8, 4) is 5.75 Å². The van der Waals surface area contributed by atoms with E-state index in [9.17, 15) is 9.90 Å². The number of aromatic nitrogens is 3. The van der Waals surface area contributed by atoms with Gasteiger partial charge in [-0.05, 0) is 48.6 Å². The predicted octanol–water partition coefficient (Wildman–Crippen LogP) is 3.12. The summed E-state index contributed by atoms with van der Waals surface area (Å²) in [6.07, 6.45) is 5.35. The molecule has 4 rings (SSSR count). The van der Waals surface area contributed by atoms with Gasteiger partial charge in [-0.3, -0.25) is 14.7 Å². The predicted molar refractivity (Wildman–Crippen MR) is 110 cm³/mol. The number of carbonyl (C=O) groups is 1. The van der Waals surface area contributed by atoms with Gasteiger partial charge in [0.05, 0.1) is 24.3 Å². The number of hydrogen-bond donors (Lipinski definition) is 2. The molecular weight excluding hydrogens is 368 g/mol. The van der Waals surface area contributed by atoms with Crippen LogP contribution in [0, 0.1) is 11.8 Å². The van der Waals surface area contributed by atoms with Crippen molar-refractivity contribution in [2.45, 2.75) is 25.8 Å². The van der Waals surface area contributed by atoms with E-state index >= 15 is 0 Å². The van der Waals surface area contributed by atoms with Crippen LogP contribution in [0.15, 0.2) is 42.7 Å². The molecule has 3 heterocycles. The van der Waals surface area contributed by atoms with Gasteiger partial charge in [0, 0.05) is 32.1 Å². The second-order valence-corrected chi connectivity index (χ2v) is 7.77. The monoisotopic (exact) mass is 394 g/mol. The minimum Gasteiger partial charge on any atom is -0.497 e. The Bertz CT molecular complexity index is 937. The molecule has 2 N–H and O–H groups in total. The smallest absolute Gasteiger partial charge is 0.303 e. The summed E-state index contributed by atoms with van der Waals surface area (Å²) in [7, 11) is 1.67. The van der Waals surface area contributed by atoms with Gasteiger partial charge in [0.2, 0.25) is 0 Å². The SMILES string of the molecule is COc1ccc(CN2CC[C@@H](CC(=O)O)[C@@H](Cc3nc4ccncc4[nH]3)C2)cc1. The number of rotatable bonds is 7. The summed E-state index contributed by atoms with van der Waals surface area (Å²) in [5.74, 6) is 1.43. The Kier molecular flexibility index (Phi) is 5.76. The molecule has 0 saturated carbocycles. The van der Waals surface area contributed by atoms with Crippen molar-refractivity contribution in [2.75, 3.05) is 20.2 Å². The molecule has 1 fully saturated rings. The number of nitrogens with one attached hydrogen (secondary N) is 1. The first-order valence-electron chi connectivity index (χ1n) is 9.96. The van der Waals surface area contributed by atoms with Crippen LogP contribution >= 0.6 is 0 Å². The molecule has 7 nitrogen and oxygen atoms in total. The van der Waals surface area contributed by atoms with Gasteiger partial charge in [-0.15, -0.1) is 0 Å². The lowest BCUT2D eigenvalue weighted by molar-refractivity contribution is -0.139. The zero-order chi connectivity index (χ0) is 20.2.